The molecule has 0 spiro atoms. The average molecular weight is 430 g/mol. The number of ether oxygens (including phenoxy) is 2. The molecule has 1 N–H and O–H groups in total. The quantitative estimate of drug-likeness (QED) is 0.764. The molecule has 2 heterocycles. The molecule has 30 heavy (non-hydrogen) atoms. The van der Waals surface area contributed by atoms with Gasteiger partial charge in [-0.25, -0.2) is 0 Å². The number of halogens is 1. The molecule has 158 valence electrons. The van der Waals surface area contributed by atoms with Crippen molar-refractivity contribution < 1.29 is 19.1 Å². The molecule has 7 nitrogen and oxygen atoms in total. The smallest absolute Gasteiger partial charge is 0.251 e. The van der Waals surface area contributed by atoms with Crippen LogP contribution in [0.4, 0.5) is 0 Å². The standard InChI is InChI=1S/C22H24ClN3O4/c23-18-4-2-17(3-5-18)22(28)24-8-7-21(27)26-11-9-25(10-12-26)14-16-1-6-19-20(13-16)30-15-29-19/h1-6,13H,7-12,14-15H2,(H,24,28). The van der Waals surface area contributed by atoms with Gasteiger partial charge >= 0.3 is 0 Å². The predicted octanol–water partition coefficient (Wildman–Crippen LogP) is 2.53. The van der Waals surface area contributed by atoms with Gasteiger partial charge in [-0.3, -0.25) is 14.5 Å². The maximum absolute atomic E-state index is 12.5. The van der Waals surface area contributed by atoms with Crippen LogP contribution in [0.15, 0.2) is 42.5 Å². The molecule has 0 aliphatic carbocycles. The van der Waals surface area contributed by atoms with Crippen LogP contribution in [0.25, 0.3) is 0 Å². The maximum Gasteiger partial charge on any atom is 0.251 e. The second-order valence-electron chi connectivity index (χ2n) is 7.36. The fourth-order valence-electron chi connectivity index (χ4n) is 3.60. The van der Waals surface area contributed by atoms with Gasteiger partial charge in [-0.15, -0.1) is 0 Å². The first-order chi connectivity index (χ1) is 14.6. The van der Waals surface area contributed by atoms with Crippen molar-refractivity contribution in [3.63, 3.8) is 0 Å². The number of nitrogens with zero attached hydrogens (tertiary/aromatic N) is 2. The number of benzene rings is 2. The number of nitrogens with one attached hydrogen (secondary N) is 1. The molecule has 1 saturated heterocycles. The molecule has 4 rings (SSSR count). The molecule has 2 aliphatic heterocycles. The highest BCUT2D eigenvalue weighted by atomic mass is 35.5. The summed E-state index contributed by atoms with van der Waals surface area (Å²) in [6, 6.07) is 12.7. The summed E-state index contributed by atoms with van der Waals surface area (Å²) in [5, 5.41) is 3.37. The third-order valence-electron chi connectivity index (χ3n) is 5.30. The molecule has 2 aromatic rings. The van der Waals surface area contributed by atoms with Gasteiger partial charge in [0.05, 0.1) is 0 Å². The van der Waals surface area contributed by atoms with Crippen LogP contribution < -0.4 is 14.8 Å². The molecule has 2 aliphatic rings. The SMILES string of the molecule is O=C(NCCC(=O)N1CCN(Cc2ccc3c(c2)OCO3)CC1)c1ccc(Cl)cc1. The summed E-state index contributed by atoms with van der Waals surface area (Å²) in [5.41, 5.74) is 1.70. The molecule has 0 radical (unpaired) electrons. The molecule has 0 saturated carbocycles. The van der Waals surface area contributed by atoms with Crippen molar-refractivity contribution in [1.29, 1.82) is 0 Å². The van der Waals surface area contributed by atoms with E-state index in [0.717, 1.165) is 31.1 Å². The van der Waals surface area contributed by atoms with Crippen LogP contribution in [-0.4, -0.2) is 61.1 Å². The van der Waals surface area contributed by atoms with Crippen LogP contribution in [0.2, 0.25) is 5.02 Å². The van der Waals surface area contributed by atoms with Gasteiger partial charge < -0.3 is 19.7 Å². The van der Waals surface area contributed by atoms with E-state index in [0.29, 0.717) is 36.6 Å². The Morgan fingerprint density at radius 2 is 1.70 bits per heavy atom. The summed E-state index contributed by atoms with van der Waals surface area (Å²) < 4.78 is 10.8. The zero-order valence-electron chi connectivity index (χ0n) is 16.6. The third-order valence-corrected chi connectivity index (χ3v) is 5.55. The first-order valence-electron chi connectivity index (χ1n) is 10.0. The average Bonchev–Trinajstić information content (AvgIpc) is 3.22. The Morgan fingerprint density at radius 3 is 2.47 bits per heavy atom. The number of hydrogen-bond donors (Lipinski definition) is 1. The Morgan fingerprint density at radius 1 is 0.967 bits per heavy atom. The van der Waals surface area contributed by atoms with E-state index in [2.05, 4.69) is 16.3 Å². The minimum Gasteiger partial charge on any atom is -0.454 e. The lowest BCUT2D eigenvalue weighted by Gasteiger charge is -2.34. The summed E-state index contributed by atoms with van der Waals surface area (Å²) in [6.45, 7) is 4.42. The topological polar surface area (TPSA) is 71.1 Å². The van der Waals surface area contributed by atoms with Crippen molar-refractivity contribution in [2.45, 2.75) is 13.0 Å². The number of carbonyl (C=O) groups excluding carboxylic acids is 2. The lowest BCUT2D eigenvalue weighted by Crippen LogP contribution is -2.48. The van der Waals surface area contributed by atoms with Crippen LogP contribution in [0, 0.1) is 0 Å². The van der Waals surface area contributed by atoms with Gasteiger partial charge in [0.1, 0.15) is 0 Å². The van der Waals surface area contributed by atoms with Crippen LogP contribution in [0.1, 0.15) is 22.3 Å². The highest BCUT2D eigenvalue weighted by molar-refractivity contribution is 6.30. The minimum atomic E-state index is -0.201. The van der Waals surface area contributed by atoms with E-state index in [4.69, 9.17) is 21.1 Å². The maximum atomic E-state index is 12.5. The lowest BCUT2D eigenvalue weighted by molar-refractivity contribution is -0.132. The second-order valence-corrected chi connectivity index (χ2v) is 7.79. The Kier molecular flexibility index (Phi) is 6.40. The number of amides is 2. The Balaban J connectivity index is 1.18. The van der Waals surface area contributed by atoms with Crippen molar-refractivity contribution in [2.24, 2.45) is 0 Å². The highest BCUT2D eigenvalue weighted by Crippen LogP contribution is 2.32. The van der Waals surface area contributed by atoms with Crippen LogP contribution in [0.3, 0.4) is 0 Å². The molecule has 2 aromatic carbocycles. The van der Waals surface area contributed by atoms with Crippen molar-refractivity contribution in [2.75, 3.05) is 39.5 Å². The van der Waals surface area contributed by atoms with Crippen molar-refractivity contribution in [3.8, 4) is 11.5 Å². The Bertz CT molecular complexity index is 911. The lowest BCUT2D eigenvalue weighted by atomic mass is 10.1. The molecule has 0 aromatic heterocycles. The number of fused-ring (bicyclic) bond motifs is 1. The first kappa shape index (κ1) is 20.5. The fraction of sp³-hybridized carbons (Fsp3) is 0.364. The molecule has 0 bridgehead atoms. The molecule has 8 heteroatoms. The van der Waals surface area contributed by atoms with Gasteiger partial charge in [-0.2, -0.15) is 0 Å². The van der Waals surface area contributed by atoms with E-state index in [1.807, 2.05) is 17.0 Å². The molecule has 2 amide bonds. The fourth-order valence-corrected chi connectivity index (χ4v) is 3.72. The monoisotopic (exact) mass is 429 g/mol. The molecular weight excluding hydrogens is 406 g/mol. The van der Waals surface area contributed by atoms with E-state index in [-0.39, 0.29) is 18.6 Å². The van der Waals surface area contributed by atoms with Gasteiger partial charge in [0, 0.05) is 56.3 Å². The third kappa shape index (κ3) is 5.04. The summed E-state index contributed by atoms with van der Waals surface area (Å²) in [6.07, 6.45) is 0.293. The Labute approximate surface area is 180 Å². The number of carbonyl (C=O) groups is 2. The molecule has 1 fully saturated rings. The van der Waals surface area contributed by atoms with E-state index in [1.165, 1.54) is 5.56 Å². The van der Waals surface area contributed by atoms with E-state index < -0.39 is 0 Å². The largest absolute Gasteiger partial charge is 0.454 e. The van der Waals surface area contributed by atoms with Crippen molar-refractivity contribution in [1.82, 2.24) is 15.1 Å². The van der Waals surface area contributed by atoms with Gasteiger partial charge in [-0.1, -0.05) is 17.7 Å². The van der Waals surface area contributed by atoms with Gasteiger partial charge in [0.2, 0.25) is 12.7 Å². The Hall–Kier alpha value is -2.77. The van der Waals surface area contributed by atoms with Crippen LogP contribution >= 0.6 is 11.6 Å². The van der Waals surface area contributed by atoms with E-state index in [1.54, 1.807) is 24.3 Å². The van der Waals surface area contributed by atoms with E-state index >= 15 is 0 Å². The molecular formula is C22H24ClN3O4. The van der Waals surface area contributed by atoms with Crippen molar-refractivity contribution in [3.05, 3.63) is 58.6 Å². The van der Waals surface area contributed by atoms with E-state index in [9.17, 15) is 9.59 Å². The molecule has 0 unspecified atom stereocenters. The number of rotatable bonds is 6. The van der Waals surface area contributed by atoms with Gasteiger partial charge in [-0.05, 0) is 42.0 Å². The summed E-state index contributed by atoms with van der Waals surface area (Å²) >= 11 is 5.83. The summed E-state index contributed by atoms with van der Waals surface area (Å²) in [7, 11) is 0. The summed E-state index contributed by atoms with van der Waals surface area (Å²) in [4.78, 5) is 28.7. The van der Waals surface area contributed by atoms with Crippen LogP contribution in [0.5, 0.6) is 11.5 Å². The normalized spacial score (nSPS) is 15.8. The first-order valence-corrected chi connectivity index (χ1v) is 10.4. The predicted molar refractivity (Wildman–Crippen MR) is 113 cm³/mol. The zero-order chi connectivity index (χ0) is 20.9. The van der Waals surface area contributed by atoms with Gasteiger partial charge in [0.15, 0.2) is 11.5 Å². The molecule has 0 atom stereocenters. The highest BCUT2D eigenvalue weighted by Gasteiger charge is 2.22. The number of hydrogen-bond acceptors (Lipinski definition) is 5. The second kappa shape index (κ2) is 9.36. The summed E-state index contributed by atoms with van der Waals surface area (Å²) in [5.74, 6) is 1.45. The zero-order valence-corrected chi connectivity index (χ0v) is 17.4. The van der Waals surface area contributed by atoms with Gasteiger partial charge in [0.25, 0.3) is 5.91 Å². The minimum absolute atomic E-state index is 0.0640. The van der Waals surface area contributed by atoms with Crippen molar-refractivity contribution >= 4 is 23.4 Å². The van der Waals surface area contributed by atoms with Crippen LogP contribution in [-0.2, 0) is 11.3 Å². The number of piperazine rings is 1.